The number of aromatic nitrogens is 3. The van der Waals surface area contributed by atoms with Crippen molar-refractivity contribution < 1.29 is 4.74 Å². The minimum absolute atomic E-state index is 0.708. The van der Waals surface area contributed by atoms with Gasteiger partial charge in [0.25, 0.3) is 0 Å². The first-order chi connectivity index (χ1) is 13.6. The molecule has 1 saturated heterocycles. The zero-order valence-electron chi connectivity index (χ0n) is 16.4. The molecule has 6 nitrogen and oxygen atoms in total. The first-order valence-corrected chi connectivity index (χ1v) is 10.2. The van der Waals surface area contributed by atoms with Crippen LogP contribution in [-0.4, -0.2) is 58.9 Å². The van der Waals surface area contributed by atoms with Gasteiger partial charge in [0.2, 0.25) is 0 Å². The van der Waals surface area contributed by atoms with E-state index in [1.165, 1.54) is 0 Å². The molecule has 148 valence electrons. The first kappa shape index (κ1) is 19.2. The molecule has 0 unspecified atom stereocenters. The molecule has 0 spiro atoms. The number of anilines is 1. The zero-order valence-corrected chi connectivity index (χ0v) is 17.2. The molecule has 1 fully saturated rings. The third-order valence-electron chi connectivity index (χ3n) is 5.11. The van der Waals surface area contributed by atoms with Crippen LogP contribution in [0.2, 0.25) is 5.02 Å². The Bertz CT molecular complexity index is 965. The minimum Gasteiger partial charge on any atom is -0.379 e. The predicted molar refractivity (Wildman–Crippen MR) is 113 cm³/mol. The van der Waals surface area contributed by atoms with Crippen molar-refractivity contribution in [3.8, 4) is 11.3 Å². The highest BCUT2D eigenvalue weighted by Gasteiger charge is 2.15. The third-order valence-corrected chi connectivity index (χ3v) is 5.34. The fourth-order valence-electron chi connectivity index (χ4n) is 3.62. The van der Waals surface area contributed by atoms with E-state index >= 15 is 0 Å². The molecule has 0 atom stereocenters. The molecule has 1 aliphatic heterocycles. The summed E-state index contributed by atoms with van der Waals surface area (Å²) in [6, 6.07) is 9.85. The second-order valence-corrected chi connectivity index (χ2v) is 7.67. The van der Waals surface area contributed by atoms with Crippen LogP contribution < -0.4 is 5.32 Å². The van der Waals surface area contributed by atoms with E-state index in [4.69, 9.17) is 26.4 Å². The lowest BCUT2D eigenvalue weighted by Gasteiger charge is -2.26. The number of fused-ring (bicyclic) bond motifs is 1. The van der Waals surface area contributed by atoms with E-state index in [0.29, 0.717) is 5.02 Å². The Morgan fingerprint density at radius 1 is 1.18 bits per heavy atom. The van der Waals surface area contributed by atoms with Crippen molar-refractivity contribution in [2.75, 3.05) is 44.7 Å². The van der Waals surface area contributed by atoms with E-state index in [0.717, 1.165) is 79.8 Å². The van der Waals surface area contributed by atoms with Gasteiger partial charge in [-0.25, -0.2) is 4.98 Å². The second kappa shape index (κ2) is 8.47. The topological polar surface area (TPSA) is 54.7 Å². The fourth-order valence-corrected chi connectivity index (χ4v) is 3.81. The average Bonchev–Trinajstić information content (AvgIpc) is 3.03. The molecule has 1 aliphatic rings. The maximum Gasteiger partial charge on any atom is 0.161 e. The van der Waals surface area contributed by atoms with Crippen molar-refractivity contribution in [3.63, 3.8) is 0 Å². The van der Waals surface area contributed by atoms with Gasteiger partial charge in [-0.3, -0.25) is 4.90 Å². The van der Waals surface area contributed by atoms with Crippen molar-refractivity contribution >= 4 is 23.1 Å². The summed E-state index contributed by atoms with van der Waals surface area (Å²) in [4.78, 5) is 7.16. The number of halogens is 1. The molecule has 28 heavy (non-hydrogen) atoms. The summed E-state index contributed by atoms with van der Waals surface area (Å²) in [6.07, 6.45) is 1.07. The van der Waals surface area contributed by atoms with Crippen LogP contribution in [0.15, 0.2) is 30.3 Å². The quantitative estimate of drug-likeness (QED) is 0.639. The van der Waals surface area contributed by atoms with Gasteiger partial charge in [0, 0.05) is 47.5 Å². The monoisotopic (exact) mass is 399 g/mol. The molecule has 0 amide bonds. The summed E-state index contributed by atoms with van der Waals surface area (Å²) in [5, 5.41) is 9.10. The Morgan fingerprint density at radius 3 is 2.79 bits per heavy atom. The Kier molecular flexibility index (Phi) is 5.80. The molecule has 4 rings (SSSR count). The van der Waals surface area contributed by atoms with Crippen LogP contribution in [0.25, 0.3) is 16.9 Å². The van der Waals surface area contributed by atoms with Gasteiger partial charge in [-0.05, 0) is 38.9 Å². The van der Waals surface area contributed by atoms with Crippen molar-refractivity contribution in [2.24, 2.45) is 0 Å². The number of ether oxygens (including phenoxy) is 1. The molecular formula is C21H26ClN5O. The SMILES string of the molecule is Cc1cc(NCCCN2CCOCC2)n2nc(-c3cccc(Cl)c3)c(C)c2n1. The molecule has 2 aromatic heterocycles. The minimum atomic E-state index is 0.708. The van der Waals surface area contributed by atoms with E-state index in [9.17, 15) is 0 Å². The summed E-state index contributed by atoms with van der Waals surface area (Å²) >= 11 is 6.18. The summed E-state index contributed by atoms with van der Waals surface area (Å²) in [7, 11) is 0. The fraction of sp³-hybridized carbons (Fsp3) is 0.429. The lowest BCUT2D eigenvalue weighted by atomic mass is 10.1. The number of hydrogen-bond acceptors (Lipinski definition) is 5. The number of hydrogen-bond donors (Lipinski definition) is 1. The number of rotatable bonds is 6. The van der Waals surface area contributed by atoms with Gasteiger partial charge in [-0.1, -0.05) is 23.7 Å². The van der Waals surface area contributed by atoms with E-state index < -0.39 is 0 Å². The summed E-state index contributed by atoms with van der Waals surface area (Å²) in [6.45, 7) is 9.79. The van der Waals surface area contributed by atoms with Gasteiger partial charge in [-0.2, -0.15) is 9.61 Å². The van der Waals surface area contributed by atoms with Crippen molar-refractivity contribution in [1.29, 1.82) is 0 Å². The van der Waals surface area contributed by atoms with E-state index in [1.54, 1.807) is 0 Å². The van der Waals surface area contributed by atoms with Crippen molar-refractivity contribution in [2.45, 2.75) is 20.3 Å². The van der Waals surface area contributed by atoms with Crippen LogP contribution in [0.3, 0.4) is 0 Å². The smallest absolute Gasteiger partial charge is 0.161 e. The molecule has 0 radical (unpaired) electrons. The van der Waals surface area contributed by atoms with Gasteiger partial charge in [0.1, 0.15) is 5.82 Å². The zero-order chi connectivity index (χ0) is 19.5. The molecule has 0 saturated carbocycles. The summed E-state index contributed by atoms with van der Waals surface area (Å²) < 4.78 is 7.32. The van der Waals surface area contributed by atoms with Gasteiger partial charge >= 0.3 is 0 Å². The Labute approximate surface area is 170 Å². The van der Waals surface area contributed by atoms with Crippen LogP contribution >= 0.6 is 11.6 Å². The van der Waals surface area contributed by atoms with E-state index in [2.05, 4.69) is 23.2 Å². The average molecular weight is 400 g/mol. The maximum absolute atomic E-state index is 6.18. The van der Waals surface area contributed by atoms with Crippen molar-refractivity contribution in [1.82, 2.24) is 19.5 Å². The van der Waals surface area contributed by atoms with Gasteiger partial charge in [-0.15, -0.1) is 0 Å². The molecule has 3 heterocycles. The third kappa shape index (κ3) is 4.14. The van der Waals surface area contributed by atoms with Gasteiger partial charge in [0.05, 0.1) is 18.9 Å². The summed E-state index contributed by atoms with van der Waals surface area (Å²) in [5.41, 5.74) is 4.83. The standard InChI is InChI=1S/C21H26ClN5O/c1-15-13-19(23-7-4-8-26-9-11-28-12-10-26)27-21(24-15)16(2)20(25-27)17-5-3-6-18(22)14-17/h3,5-6,13-14,23H,4,7-12H2,1-2H3. The molecule has 3 aromatic rings. The van der Waals surface area contributed by atoms with Crippen LogP contribution in [0.5, 0.6) is 0 Å². The van der Waals surface area contributed by atoms with Crippen LogP contribution in [0.1, 0.15) is 17.7 Å². The first-order valence-electron chi connectivity index (χ1n) is 9.79. The number of aryl methyl sites for hydroxylation is 2. The number of benzene rings is 1. The Morgan fingerprint density at radius 2 is 2.00 bits per heavy atom. The van der Waals surface area contributed by atoms with Gasteiger partial charge in [0.15, 0.2) is 5.65 Å². The van der Waals surface area contributed by atoms with Crippen LogP contribution in [0.4, 0.5) is 5.82 Å². The molecule has 0 bridgehead atoms. The lowest BCUT2D eigenvalue weighted by Crippen LogP contribution is -2.37. The Hall–Kier alpha value is -2.15. The lowest BCUT2D eigenvalue weighted by molar-refractivity contribution is 0.0378. The van der Waals surface area contributed by atoms with Crippen LogP contribution in [0, 0.1) is 13.8 Å². The highest BCUT2D eigenvalue weighted by atomic mass is 35.5. The molecular weight excluding hydrogens is 374 g/mol. The Balaban J connectivity index is 1.54. The number of nitrogens with one attached hydrogen (secondary N) is 1. The molecule has 1 N–H and O–H groups in total. The van der Waals surface area contributed by atoms with Gasteiger partial charge < -0.3 is 10.1 Å². The number of morpholine rings is 1. The molecule has 7 heteroatoms. The normalized spacial score (nSPS) is 15.2. The molecule has 0 aliphatic carbocycles. The summed E-state index contributed by atoms with van der Waals surface area (Å²) in [5.74, 6) is 0.973. The highest BCUT2D eigenvalue weighted by molar-refractivity contribution is 6.30. The van der Waals surface area contributed by atoms with Crippen molar-refractivity contribution in [3.05, 3.63) is 46.6 Å². The van der Waals surface area contributed by atoms with E-state index in [-0.39, 0.29) is 0 Å². The molecule has 1 aromatic carbocycles. The second-order valence-electron chi connectivity index (χ2n) is 7.24. The predicted octanol–water partition coefficient (Wildman–Crippen LogP) is 3.80. The maximum atomic E-state index is 6.18. The highest BCUT2D eigenvalue weighted by Crippen LogP contribution is 2.28. The number of nitrogens with zero attached hydrogens (tertiary/aromatic N) is 4. The largest absolute Gasteiger partial charge is 0.379 e. The van der Waals surface area contributed by atoms with Crippen LogP contribution in [-0.2, 0) is 4.74 Å². The van der Waals surface area contributed by atoms with E-state index in [1.807, 2.05) is 35.7 Å².